The van der Waals surface area contributed by atoms with Crippen LogP contribution in [0.15, 0.2) is 23.2 Å². The second kappa shape index (κ2) is 9.09. The average molecular weight is 394 g/mol. The molecular formula is C16H19ClF3N3O3. The molecule has 6 nitrogen and oxygen atoms in total. The summed E-state index contributed by atoms with van der Waals surface area (Å²) in [5, 5.41) is 0.0489. The standard InChI is InChI=1S/C16H19ClF3N3O3/c1-2-25-15(24)14(21-9-11-4-3-7-26-11)23-22-13-8-10(16(18,19)20)5-6-12(13)17/h5-6,8,11,22H,2-4,7,9H2,1H3,(H,21,23). The molecule has 0 aliphatic carbocycles. The molecule has 0 radical (unpaired) electrons. The van der Waals surface area contributed by atoms with Crippen LogP contribution in [0.1, 0.15) is 25.3 Å². The van der Waals surface area contributed by atoms with Crippen LogP contribution in [0.3, 0.4) is 0 Å². The number of carbonyl (C=O) groups excluding carboxylic acids is 1. The third-order valence-corrected chi connectivity index (χ3v) is 3.88. The van der Waals surface area contributed by atoms with E-state index in [9.17, 15) is 18.0 Å². The van der Waals surface area contributed by atoms with E-state index in [0.29, 0.717) is 6.61 Å². The number of hydrogen-bond acceptors (Lipinski definition) is 5. The smallest absolute Gasteiger partial charge is 0.416 e. The Kier molecular flexibility index (Phi) is 7.10. The molecule has 1 unspecified atom stereocenters. The Morgan fingerprint density at radius 1 is 1.46 bits per heavy atom. The van der Waals surface area contributed by atoms with Crippen molar-refractivity contribution < 1.29 is 27.4 Å². The Balaban J connectivity index is 2.10. The van der Waals surface area contributed by atoms with Gasteiger partial charge in [0.05, 0.1) is 35.5 Å². The maximum atomic E-state index is 12.8. The molecule has 1 fully saturated rings. The summed E-state index contributed by atoms with van der Waals surface area (Å²) in [7, 11) is 0. The van der Waals surface area contributed by atoms with E-state index >= 15 is 0 Å². The van der Waals surface area contributed by atoms with Gasteiger partial charge in [-0.1, -0.05) is 11.6 Å². The van der Waals surface area contributed by atoms with Crippen LogP contribution in [0, 0.1) is 0 Å². The summed E-state index contributed by atoms with van der Waals surface area (Å²) in [4.78, 5) is 16.1. The summed E-state index contributed by atoms with van der Waals surface area (Å²) in [5.74, 6) is -0.906. The molecule has 0 spiro atoms. The van der Waals surface area contributed by atoms with Gasteiger partial charge < -0.3 is 9.47 Å². The van der Waals surface area contributed by atoms with Crippen LogP contribution in [0.2, 0.25) is 5.02 Å². The first kappa shape index (κ1) is 20.3. The van der Waals surface area contributed by atoms with E-state index in [0.717, 1.165) is 31.0 Å². The van der Waals surface area contributed by atoms with E-state index in [-0.39, 0.29) is 35.8 Å². The molecule has 144 valence electrons. The van der Waals surface area contributed by atoms with Crippen molar-refractivity contribution in [1.82, 2.24) is 5.43 Å². The van der Waals surface area contributed by atoms with Crippen molar-refractivity contribution in [2.45, 2.75) is 32.0 Å². The molecule has 1 aromatic carbocycles. The van der Waals surface area contributed by atoms with Crippen molar-refractivity contribution >= 4 is 29.1 Å². The lowest BCUT2D eigenvalue weighted by atomic mass is 10.2. The quantitative estimate of drug-likeness (QED) is 0.347. The summed E-state index contributed by atoms with van der Waals surface area (Å²) < 4.78 is 48.8. The molecule has 0 bridgehead atoms. The fraction of sp³-hybridized carbons (Fsp3) is 0.500. The highest BCUT2D eigenvalue weighted by molar-refractivity contribution is 6.36. The molecular weight excluding hydrogens is 375 g/mol. The number of benzene rings is 1. The average Bonchev–Trinajstić information content (AvgIpc) is 3.08. The van der Waals surface area contributed by atoms with Gasteiger partial charge in [-0.2, -0.15) is 13.2 Å². The Bertz CT molecular complexity index is 662. The highest BCUT2D eigenvalue weighted by atomic mass is 35.5. The SMILES string of the molecule is CCOC(=O)C(=NCC1CCCO1)NNc1cc(C(F)(F)F)ccc1Cl. The molecule has 1 aliphatic rings. The van der Waals surface area contributed by atoms with Gasteiger partial charge in [0.15, 0.2) is 0 Å². The van der Waals surface area contributed by atoms with Crippen molar-refractivity contribution in [3.8, 4) is 0 Å². The van der Waals surface area contributed by atoms with Crippen LogP contribution in [-0.4, -0.2) is 37.7 Å². The predicted octanol–water partition coefficient (Wildman–Crippen LogP) is 3.42. The van der Waals surface area contributed by atoms with E-state index in [4.69, 9.17) is 21.1 Å². The number of alkyl halides is 3. The second-order valence-corrected chi connectivity index (χ2v) is 5.89. The molecule has 1 aliphatic heterocycles. The molecule has 1 atom stereocenters. The minimum Gasteiger partial charge on any atom is -0.460 e. The van der Waals surface area contributed by atoms with Gasteiger partial charge in [0, 0.05) is 6.61 Å². The van der Waals surface area contributed by atoms with Crippen LogP contribution in [0.5, 0.6) is 0 Å². The summed E-state index contributed by atoms with van der Waals surface area (Å²) in [6, 6.07) is 2.81. The monoisotopic (exact) mass is 393 g/mol. The van der Waals surface area contributed by atoms with Crippen molar-refractivity contribution in [3.05, 3.63) is 28.8 Å². The van der Waals surface area contributed by atoms with Gasteiger partial charge in [0.25, 0.3) is 0 Å². The molecule has 0 aromatic heterocycles. The number of esters is 1. The van der Waals surface area contributed by atoms with Crippen LogP contribution in [0.4, 0.5) is 18.9 Å². The lowest BCUT2D eigenvalue weighted by Crippen LogP contribution is -2.37. The van der Waals surface area contributed by atoms with Gasteiger partial charge in [-0.3, -0.25) is 15.8 Å². The number of rotatable bonds is 5. The minimum absolute atomic E-state index is 0.0457. The Morgan fingerprint density at radius 3 is 2.85 bits per heavy atom. The van der Waals surface area contributed by atoms with Crippen molar-refractivity contribution in [3.63, 3.8) is 0 Å². The van der Waals surface area contributed by atoms with E-state index in [1.165, 1.54) is 0 Å². The molecule has 0 amide bonds. The fourth-order valence-electron chi connectivity index (χ4n) is 2.26. The third kappa shape index (κ3) is 5.77. The predicted molar refractivity (Wildman–Crippen MR) is 91.1 cm³/mol. The van der Waals surface area contributed by atoms with E-state index in [1.54, 1.807) is 6.92 Å². The van der Waals surface area contributed by atoms with Gasteiger partial charge in [0.1, 0.15) is 0 Å². The maximum Gasteiger partial charge on any atom is 0.416 e. The second-order valence-electron chi connectivity index (χ2n) is 5.49. The molecule has 1 saturated heterocycles. The van der Waals surface area contributed by atoms with Crippen LogP contribution >= 0.6 is 11.6 Å². The van der Waals surface area contributed by atoms with Crippen LogP contribution in [-0.2, 0) is 20.4 Å². The molecule has 0 saturated carbocycles. The largest absolute Gasteiger partial charge is 0.460 e. The zero-order valence-corrected chi connectivity index (χ0v) is 14.8. The first-order valence-corrected chi connectivity index (χ1v) is 8.41. The molecule has 1 heterocycles. The number of nitrogens with one attached hydrogen (secondary N) is 2. The van der Waals surface area contributed by atoms with Crippen molar-refractivity contribution in [1.29, 1.82) is 0 Å². The summed E-state index contributed by atoms with van der Waals surface area (Å²) in [6.45, 7) is 2.63. The van der Waals surface area contributed by atoms with Gasteiger partial charge in [-0.05, 0) is 38.0 Å². The number of ether oxygens (including phenoxy) is 2. The number of amidine groups is 1. The van der Waals surface area contributed by atoms with E-state index in [1.807, 2.05) is 0 Å². The van der Waals surface area contributed by atoms with Crippen LogP contribution in [0.25, 0.3) is 0 Å². The fourth-order valence-corrected chi connectivity index (χ4v) is 2.42. The van der Waals surface area contributed by atoms with Crippen molar-refractivity contribution in [2.24, 2.45) is 4.99 Å². The Labute approximate surface area is 153 Å². The van der Waals surface area contributed by atoms with Crippen LogP contribution < -0.4 is 10.9 Å². The normalized spacial score (nSPS) is 17.9. The molecule has 2 rings (SSSR count). The number of nitrogens with zero attached hydrogens (tertiary/aromatic N) is 1. The lowest BCUT2D eigenvalue weighted by molar-refractivity contribution is -0.137. The molecule has 2 N–H and O–H groups in total. The zero-order valence-electron chi connectivity index (χ0n) is 14.0. The first-order chi connectivity index (χ1) is 12.3. The number of hydrogen-bond donors (Lipinski definition) is 2. The Hall–Kier alpha value is -2.00. The highest BCUT2D eigenvalue weighted by Gasteiger charge is 2.31. The Morgan fingerprint density at radius 2 is 2.23 bits per heavy atom. The van der Waals surface area contributed by atoms with Gasteiger partial charge >= 0.3 is 12.1 Å². The van der Waals surface area contributed by atoms with Crippen molar-refractivity contribution in [2.75, 3.05) is 25.2 Å². The summed E-state index contributed by atoms with van der Waals surface area (Å²) in [5.41, 5.74) is 4.05. The third-order valence-electron chi connectivity index (χ3n) is 3.56. The van der Waals surface area contributed by atoms with E-state index in [2.05, 4.69) is 15.8 Å². The highest BCUT2D eigenvalue weighted by Crippen LogP contribution is 2.33. The summed E-state index contributed by atoms with van der Waals surface area (Å²) >= 11 is 5.91. The zero-order chi connectivity index (χ0) is 19.2. The lowest BCUT2D eigenvalue weighted by Gasteiger charge is -2.15. The molecule has 1 aromatic rings. The van der Waals surface area contributed by atoms with Gasteiger partial charge in [-0.25, -0.2) is 4.79 Å². The maximum absolute atomic E-state index is 12.8. The number of halogens is 4. The topological polar surface area (TPSA) is 72.0 Å². The number of carbonyl (C=O) groups is 1. The molecule has 26 heavy (non-hydrogen) atoms. The van der Waals surface area contributed by atoms with Gasteiger partial charge in [0.2, 0.25) is 5.84 Å². The number of aliphatic imine (C=N–C) groups is 1. The minimum atomic E-state index is -4.51. The number of anilines is 1. The number of hydrazine groups is 1. The van der Waals surface area contributed by atoms with Gasteiger partial charge in [-0.15, -0.1) is 0 Å². The summed E-state index contributed by atoms with van der Waals surface area (Å²) in [6.07, 6.45) is -2.87. The molecule has 10 heteroatoms. The van der Waals surface area contributed by atoms with E-state index < -0.39 is 17.7 Å². The first-order valence-electron chi connectivity index (χ1n) is 8.03.